The molecule has 2 nitrogen and oxygen atoms in total. The van der Waals surface area contributed by atoms with Crippen molar-refractivity contribution in [1.29, 1.82) is 0 Å². The highest BCUT2D eigenvalue weighted by Crippen LogP contribution is 2.27. The summed E-state index contributed by atoms with van der Waals surface area (Å²) in [4.78, 5) is 10.8. The van der Waals surface area contributed by atoms with E-state index in [1.807, 2.05) is 0 Å². The molecule has 0 fully saturated rings. The molecule has 0 spiro atoms. The molecule has 2 aromatic carbocycles. The molecule has 0 radical (unpaired) electrons. The number of alkyl halides is 1. The predicted octanol–water partition coefficient (Wildman–Crippen LogP) is 3.58. The van der Waals surface area contributed by atoms with E-state index in [0.29, 0.717) is 0 Å². The first kappa shape index (κ1) is 12.2. The minimum Gasteiger partial charge on any atom is -0.478 e. The second kappa shape index (κ2) is 4.96. The lowest BCUT2D eigenvalue weighted by Crippen LogP contribution is -2.00. The second-order valence-electron chi connectivity index (χ2n) is 3.85. The highest BCUT2D eigenvalue weighted by molar-refractivity contribution is 5.87. The third-order valence-corrected chi connectivity index (χ3v) is 2.57. The number of carboxylic acid groups (broad SMARTS) is 1. The fourth-order valence-corrected chi connectivity index (χ4v) is 1.69. The quantitative estimate of drug-likeness (QED) is 0.901. The van der Waals surface area contributed by atoms with Crippen molar-refractivity contribution >= 4 is 5.97 Å². The highest BCUT2D eigenvalue weighted by Gasteiger charge is 2.14. The molecule has 0 saturated carbocycles. The van der Waals surface area contributed by atoms with E-state index in [2.05, 4.69) is 0 Å². The zero-order valence-corrected chi connectivity index (χ0v) is 9.31. The molecular formula is C14H10F2O2. The van der Waals surface area contributed by atoms with Gasteiger partial charge in [0.25, 0.3) is 0 Å². The van der Waals surface area contributed by atoms with Crippen LogP contribution in [0.15, 0.2) is 48.5 Å². The third kappa shape index (κ3) is 2.53. The number of halogens is 2. The fraction of sp³-hybridized carbons (Fsp3) is 0.0714. The molecule has 0 bridgehead atoms. The van der Waals surface area contributed by atoms with Crippen LogP contribution in [-0.2, 0) is 0 Å². The average molecular weight is 248 g/mol. The smallest absolute Gasteiger partial charge is 0.335 e. The van der Waals surface area contributed by atoms with E-state index >= 15 is 0 Å². The van der Waals surface area contributed by atoms with Crippen LogP contribution in [0.3, 0.4) is 0 Å². The molecule has 0 aliphatic carbocycles. The zero-order chi connectivity index (χ0) is 13.1. The number of rotatable bonds is 3. The van der Waals surface area contributed by atoms with Gasteiger partial charge in [-0.25, -0.2) is 13.6 Å². The molecular weight excluding hydrogens is 238 g/mol. The maximum atomic E-state index is 14.1. The van der Waals surface area contributed by atoms with Crippen molar-refractivity contribution in [3.05, 3.63) is 71.0 Å². The number of benzene rings is 2. The fourth-order valence-electron chi connectivity index (χ4n) is 1.69. The average Bonchev–Trinajstić information content (AvgIpc) is 2.38. The van der Waals surface area contributed by atoms with Crippen molar-refractivity contribution < 1.29 is 18.7 Å². The SMILES string of the molecule is O=C(O)c1cccc(C(F)c2cccc(F)c2)c1. The first-order valence-corrected chi connectivity index (χ1v) is 5.31. The molecule has 0 heterocycles. The van der Waals surface area contributed by atoms with Crippen LogP contribution in [0.1, 0.15) is 27.7 Å². The summed E-state index contributed by atoms with van der Waals surface area (Å²) in [5, 5.41) is 8.82. The molecule has 4 heteroatoms. The van der Waals surface area contributed by atoms with Crippen LogP contribution in [0.2, 0.25) is 0 Å². The van der Waals surface area contributed by atoms with E-state index in [0.717, 1.165) is 6.07 Å². The molecule has 0 aliphatic heterocycles. The Morgan fingerprint density at radius 2 is 1.67 bits per heavy atom. The molecule has 1 atom stereocenters. The number of hydrogen-bond donors (Lipinski definition) is 1. The first-order chi connectivity index (χ1) is 8.58. The summed E-state index contributed by atoms with van der Waals surface area (Å²) >= 11 is 0. The maximum absolute atomic E-state index is 14.1. The minimum atomic E-state index is -1.54. The summed E-state index contributed by atoms with van der Waals surface area (Å²) in [7, 11) is 0. The van der Waals surface area contributed by atoms with Crippen molar-refractivity contribution in [2.24, 2.45) is 0 Å². The van der Waals surface area contributed by atoms with E-state index in [-0.39, 0.29) is 16.7 Å². The lowest BCUT2D eigenvalue weighted by molar-refractivity contribution is 0.0696. The van der Waals surface area contributed by atoms with E-state index < -0.39 is 18.0 Å². The van der Waals surface area contributed by atoms with Gasteiger partial charge in [-0.3, -0.25) is 0 Å². The topological polar surface area (TPSA) is 37.3 Å². The molecule has 0 aromatic heterocycles. The van der Waals surface area contributed by atoms with Crippen LogP contribution in [-0.4, -0.2) is 11.1 Å². The Balaban J connectivity index is 2.36. The summed E-state index contributed by atoms with van der Waals surface area (Å²) in [6.07, 6.45) is -1.54. The Kier molecular flexibility index (Phi) is 3.37. The van der Waals surface area contributed by atoms with Gasteiger partial charge in [-0.2, -0.15) is 0 Å². The molecule has 1 unspecified atom stereocenters. The normalized spacial score (nSPS) is 12.1. The largest absolute Gasteiger partial charge is 0.478 e. The minimum absolute atomic E-state index is 0.00607. The second-order valence-corrected chi connectivity index (χ2v) is 3.85. The van der Waals surface area contributed by atoms with Crippen molar-refractivity contribution in [2.75, 3.05) is 0 Å². The van der Waals surface area contributed by atoms with Crippen molar-refractivity contribution in [2.45, 2.75) is 6.17 Å². The van der Waals surface area contributed by atoms with Gasteiger partial charge in [-0.15, -0.1) is 0 Å². The molecule has 0 saturated heterocycles. The van der Waals surface area contributed by atoms with Crippen LogP contribution in [0.4, 0.5) is 8.78 Å². The molecule has 1 N–H and O–H groups in total. The maximum Gasteiger partial charge on any atom is 0.335 e. The van der Waals surface area contributed by atoms with Gasteiger partial charge in [0.1, 0.15) is 5.82 Å². The Morgan fingerprint density at radius 1 is 1.06 bits per heavy atom. The molecule has 0 amide bonds. The molecule has 0 aliphatic rings. The van der Waals surface area contributed by atoms with Crippen molar-refractivity contribution in [3.63, 3.8) is 0 Å². The zero-order valence-electron chi connectivity index (χ0n) is 9.31. The van der Waals surface area contributed by atoms with Crippen LogP contribution >= 0.6 is 0 Å². The molecule has 2 aromatic rings. The number of hydrogen-bond acceptors (Lipinski definition) is 1. The van der Waals surface area contributed by atoms with Crippen LogP contribution in [0, 0.1) is 5.82 Å². The summed E-state index contributed by atoms with van der Waals surface area (Å²) in [5.41, 5.74) is 0.365. The van der Waals surface area contributed by atoms with Crippen molar-refractivity contribution in [3.8, 4) is 0 Å². The third-order valence-electron chi connectivity index (χ3n) is 2.57. The molecule has 92 valence electrons. The van der Waals surface area contributed by atoms with Gasteiger partial charge < -0.3 is 5.11 Å². The summed E-state index contributed by atoms with van der Waals surface area (Å²) < 4.78 is 27.1. The van der Waals surface area contributed by atoms with Gasteiger partial charge >= 0.3 is 5.97 Å². The van der Waals surface area contributed by atoms with Gasteiger partial charge in [-0.1, -0.05) is 24.3 Å². The lowest BCUT2D eigenvalue weighted by Gasteiger charge is -2.09. The van der Waals surface area contributed by atoms with Crippen LogP contribution in [0.5, 0.6) is 0 Å². The monoisotopic (exact) mass is 248 g/mol. The molecule has 2 rings (SSSR count). The Hall–Kier alpha value is -2.23. The number of carboxylic acids is 1. The van der Waals surface area contributed by atoms with E-state index in [4.69, 9.17) is 5.11 Å². The summed E-state index contributed by atoms with van der Waals surface area (Å²) in [6, 6.07) is 10.8. The van der Waals surface area contributed by atoms with E-state index in [1.54, 1.807) is 0 Å². The number of carbonyl (C=O) groups is 1. The predicted molar refractivity (Wildman–Crippen MR) is 62.8 cm³/mol. The van der Waals surface area contributed by atoms with E-state index in [1.165, 1.54) is 42.5 Å². The first-order valence-electron chi connectivity index (χ1n) is 5.31. The summed E-state index contributed by atoms with van der Waals surface area (Å²) in [5.74, 6) is -1.65. The summed E-state index contributed by atoms with van der Waals surface area (Å²) in [6.45, 7) is 0. The highest BCUT2D eigenvalue weighted by atomic mass is 19.1. The van der Waals surface area contributed by atoms with Crippen LogP contribution in [0.25, 0.3) is 0 Å². The van der Waals surface area contributed by atoms with Gasteiger partial charge in [-0.05, 0) is 35.4 Å². The number of aromatic carboxylic acids is 1. The van der Waals surface area contributed by atoms with E-state index in [9.17, 15) is 13.6 Å². The van der Waals surface area contributed by atoms with Crippen LogP contribution < -0.4 is 0 Å². The molecule has 18 heavy (non-hydrogen) atoms. The Bertz CT molecular complexity index is 582. The lowest BCUT2D eigenvalue weighted by atomic mass is 10.0. The standard InChI is InChI=1S/C14H10F2O2/c15-12-6-2-4-10(8-12)13(16)9-3-1-5-11(7-9)14(17)18/h1-8,13H,(H,17,18). The Morgan fingerprint density at radius 3 is 2.28 bits per heavy atom. The van der Waals surface area contributed by atoms with Crippen molar-refractivity contribution in [1.82, 2.24) is 0 Å². The Labute approximate surface area is 103 Å². The van der Waals surface area contributed by atoms with Gasteiger partial charge in [0, 0.05) is 0 Å². The van der Waals surface area contributed by atoms with Gasteiger partial charge in [0.15, 0.2) is 6.17 Å². The van der Waals surface area contributed by atoms with Gasteiger partial charge in [0.2, 0.25) is 0 Å². The van der Waals surface area contributed by atoms with Gasteiger partial charge in [0.05, 0.1) is 5.56 Å².